The van der Waals surface area contributed by atoms with E-state index in [2.05, 4.69) is 5.10 Å². The van der Waals surface area contributed by atoms with Crippen molar-refractivity contribution < 1.29 is 9.18 Å². The number of nitrogens with zero attached hydrogens (tertiary/aromatic N) is 2. The number of hydrogen-bond donors (Lipinski definition) is 0. The summed E-state index contributed by atoms with van der Waals surface area (Å²) in [6.07, 6.45) is 3.51. The molecule has 0 fully saturated rings. The zero-order valence-corrected chi connectivity index (χ0v) is 9.91. The Balaban J connectivity index is 2.23. The van der Waals surface area contributed by atoms with Crippen LogP contribution in [0.25, 0.3) is 0 Å². The van der Waals surface area contributed by atoms with Gasteiger partial charge in [0.15, 0.2) is 5.78 Å². The van der Waals surface area contributed by atoms with E-state index in [0.717, 1.165) is 5.56 Å². The molecule has 0 atom stereocenters. The number of aromatic nitrogens is 2. The van der Waals surface area contributed by atoms with Gasteiger partial charge >= 0.3 is 0 Å². The first-order valence-electron chi connectivity index (χ1n) is 5.02. The van der Waals surface area contributed by atoms with Crippen LogP contribution in [0.2, 0.25) is 5.02 Å². The lowest BCUT2D eigenvalue weighted by Gasteiger charge is -2.02. The Morgan fingerprint density at radius 2 is 2.29 bits per heavy atom. The molecular weight excluding hydrogens is 243 g/mol. The molecule has 5 heteroatoms. The Hall–Kier alpha value is -1.68. The van der Waals surface area contributed by atoms with Crippen LogP contribution in [0.5, 0.6) is 0 Å². The van der Waals surface area contributed by atoms with Crippen molar-refractivity contribution in [2.75, 3.05) is 0 Å². The molecule has 1 aromatic carbocycles. The van der Waals surface area contributed by atoms with Gasteiger partial charge in [-0.3, -0.25) is 9.48 Å². The first-order valence-corrected chi connectivity index (χ1v) is 5.40. The van der Waals surface area contributed by atoms with Gasteiger partial charge in [0.25, 0.3) is 0 Å². The Morgan fingerprint density at radius 1 is 1.53 bits per heavy atom. The molecule has 2 aromatic rings. The second-order valence-corrected chi connectivity index (χ2v) is 4.10. The highest BCUT2D eigenvalue weighted by Crippen LogP contribution is 2.21. The van der Waals surface area contributed by atoms with Crippen molar-refractivity contribution in [3.63, 3.8) is 0 Å². The summed E-state index contributed by atoms with van der Waals surface area (Å²) in [4.78, 5) is 11.9. The first-order chi connectivity index (χ1) is 8.08. The smallest absolute Gasteiger partial charge is 0.168 e. The van der Waals surface area contributed by atoms with Crippen LogP contribution in [0.3, 0.4) is 0 Å². The van der Waals surface area contributed by atoms with E-state index in [1.54, 1.807) is 24.1 Å². The maximum atomic E-state index is 13.2. The van der Waals surface area contributed by atoms with Gasteiger partial charge in [0.05, 0.1) is 11.2 Å². The SMILES string of the molecule is Cn1cc(CC(=O)c2cccc(F)c2Cl)cn1. The Bertz CT molecular complexity index is 565. The van der Waals surface area contributed by atoms with Gasteiger partial charge in [-0.15, -0.1) is 0 Å². The maximum absolute atomic E-state index is 13.2. The van der Waals surface area contributed by atoms with Gasteiger partial charge in [-0.25, -0.2) is 4.39 Å². The largest absolute Gasteiger partial charge is 0.294 e. The summed E-state index contributed by atoms with van der Waals surface area (Å²) in [6.45, 7) is 0. The molecule has 17 heavy (non-hydrogen) atoms. The fraction of sp³-hybridized carbons (Fsp3) is 0.167. The van der Waals surface area contributed by atoms with Crippen LogP contribution in [0.15, 0.2) is 30.6 Å². The minimum absolute atomic E-state index is 0.124. The molecule has 0 spiro atoms. The monoisotopic (exact) mass is 252 g/mol. The highest BCUT2D eigenvalue weighted by atomic mass is 35.5. The van der Waals surface area contributed by atoms with E-state index in [9.17, 15) is 9.18 Å². The number of halogens is 2. The Labute approximate surface area is 103 Å². The lowest BCUT2D eigenvalue weighted by atomic mass is 10.1. The van der Waals surface area contributed by atoms with Crippen LogP contribution in [0, 0.1) is 5.82 Å². The molecule has 0 N–H and O–H groups in total. The summed E-state index contributed by atoms with van der Waals surface area (Å²) < 4.78 is 14.8. The molecule has 0 amide bonds. The van der Waals surface area contributed by atoms with Crippen LogP contribution in [0.1, 0.15) is 15.9 Å². The fourth-order valence-corrected chi connectivity index (χ4v) is 1.79. The summed E-state index contributed by atoms with van der Waals surface area (Å²) in [7, 11) is 1.77. The van der Waals surface area contributed by atoms with Gasteiger partial charge in [-0.1, -0.05) is 17.7 Å². The molecule has 0 radical (unpaired) electrons. The van der Waals surface area contributed by atoms with E-state index < -0.39 is 5.82 Å². The summed E-state index contributed by atoms with van der Waals surface area (Å²) >= 11 is 5.74. The standard InChI is InChI=1S/C12H10ClFN2O/c1-16-7-8(6-15-16)5-11(17)9-3-2-4-10(14)12(9)13/h2-4,6-7H,5H2,1H3. The lowest BCUT2D eigenvalue weighted by Crippen LogP contribution is -2.04. The molecule has 0 aliphatic carbocycles. The molecule has 1 aromatic heterocycles. The molecule has 0 aliphatic heterocycles. The van der Waals surface area contributed by atoms with Crippen molar-refractivity contribution in [1.82, 2.24) is 9.78 Å². The second kappa shape index (κ2) is 4.67. The molecule has 0 unspecified atom stereocenters. The quantitative estimate of drug-likeness (QED) is 0.787. The van der Waals surface area contributed by atoms with Crippen LogP contribution < -0.4 is 0 Å². The molecule has 2 rings (SSSR count). The van der Waals surface area contributed by atoms with Crippen LogP contribution in [0.4, 0.5) is 4.39 Å². The third-order valence-electron chi connectivity index (χ3n) is 2.38. The minimum Gasteiger partial charge on any atom is -0.294 e. The van der Waals surface area contributed by atoms with Gasteiger partial charge in [0.2, 0.25) is 0 Å². The normalized spacial score (nSPS) is 10.5. The number of ketones is 1. The van der Waals surface area contributed by atoms with Crippen molar-refractivity contribution in [3.05, 3.63) is 52.6 Å². The third kappa shape index (κ3) is 2.53. The predicted octanol–water partition coefficient (Wildman–Crippen LogP) is 2.64. The highest BCUT2D eigenvalue weighted by Gasteiger charge is 2.14. The second-order valence-electron chi connectivity index (χ2n) is 3.72. The van der Waals surface area contributed by atoms with Gasteiger partial charge in [0, 0.05) is 25.2 Å². The van der Waals surface area contributed by atoms with E-state index in [0.29, 0.717) is 0 Å². The van der Waals surface area contributed by atoms with Crippen molar-refractivity contribution in [2.45, 2.75) is 6.42 Å². The predicted molar refractivity (Wildman–Crippen MR) is 62.7 cm³/mol. The molecule has 3 nitrogen and oxygen atoms in total. The molecule has 88 valence electrons. The van der Waals surface area contributed by atoms with E-state index in [1.165, 1.54) is 18.2 Å². The number of benzene rings is 1. The van der Waals surface area contributed by atoms with Crippen LogP contribution in [-0.2, 0) is 13.5 Å². The number of Topliss-reactive ketones (excluding diaryl/α,β-unsaturated/α-hetero) is 1. The fourth-order valence-electron chi connectivity index (χ4n) is 1.56. The van der Waals surface area contributed by atoms with E-state index >= 15 is 0 Å². The van der Waals surface area contributed by atoms with E-state index in [4.69, 9.17) is 11.6 Å². The third-order valence-corrected chi connectivity index (χ3v) is 2.76. The molecule has 0 saturated carbocycles. The molecular formula is C12H10ClFN2O. The number of carbonyl (C=O) groups excluding carboxylic acids is 1. The highest BCUT2D eigenvalue weighted by molar-refractivity contribution is 6.34. The molecule has 0 saturated heterocycles. The number of carbonyl (C=O) groups is 1. The van der Waals surface area contributed by atoms with Crippen molar-refractivity contribution in [2.24, 2.45) is 7.05 Å². The zero-order chi connectivity index (χ0) is 12.4. The van der Waals surface area contributed by atoms with Gasteiger partial charge < -0.3 is 0 Å². The van der Waals surface area contributed by atoms with Crippen molar-refractivity contribution in [1.29, 1.82) is 0 Å². The van der Waals surface area contributed by atoms with Crippen molar-refractivity contribution >= 4 is 17.4 Å². The van der Waals surface area contributed by atoms with Crippen molar-refractivity contribution in [3.8, 4) is 0 Å². The zero-order valence-electron chi connectivity index (χ0n) is 9.15. The van der Waals surface area contributed by atoms with Gasteiger partial charge in [0.1, 0.15) is 5.82 Å². The number of hydrogen-bond acceptors (Lipinski definition) is 2. The minimum atomic E-state index is -0.580. The lowest BCUT2D eigenvalue weighted by molar-refractivity contribution is 0.0992. The summed E-state index contributed by atoms with van der Waals surface area (Å²) in [5.74, 6) is -0.800. The molecule has 0 aliphatic rings. The Kier molecular flexibility index (Phi) is 3.24. The van der Waals surface area contributed by atoms with Gasteiger partial charge in [-0.05, 0) is 17.7 Å². The summed E-state index contributed by atoms with van der Waals surface area (Å²) in [5, 5.41) is 3.84. The van der Waals surface area contributed by atoms with Crippen LogP contribution in [-0.4, -0.2) is 15.6 Å². The van der Waals surface area contributed by atoms with Crippen LogP contribution >= 0.6 is 11.6 Å². The Morgan fingerprint density at radius 3 is 2.94 bits per heavy atom. The number of aryl methyl sites for hydroxylation is 1. The van der Waals surface area contributed by atoms with E-state index in [1.807, 2.05) is 0 Å². The summed E-state index contributed by atoms with van der Waals surface area (Å²) in [5.41, 5.74) is 0.980. The molecule has 1 heterocycles. The number of rotatable bonds is 3. The topological polar surface area (TPSA) is 34.9 Å². The van der Waals surface area contributed by atoms with E-state index in [-0.39, 0.29) is 22.8 Å². The average molecular weight is 253 g/mol. The average Bonchev–Trinajstić information content (AvgIpc) is 2.68. The maximum Gasteiger partial charge on any atom is 0.168 e. The summed E-state index contributed by atoms with van der Waals surface area (Å²) in [6, 6.07) is 4.21. The van der Waals surface area contributed by atoms with Gasteiger partial charge in [-0.2, -0.15) is 5.10 Å². The molecule has 0 bridgehead atoms. The first kappa shape index (κ1) is 11.8.